The number of benzene rings is 2. The fourth-order valence-corrected chi connectivity index (χ4v) is 3.85. The second kappa shape index (κ2) is 8.30. The highest BCUT2D eigenvalue weighted by Crippen LogP contribution is 2.33. The molecule has 162 valence electrons. The lowest BCUT2D eigenvalue weighted by molar-refractivity contribution is -0.121. The molecule has 2 aromatic heterocycles. The minimum absolute atomic E-state index is 0.155. The number of nitrogens with one attached hydrogen (secondary N) is 1. The van der Waals surface area contributed by atoms with E-state index in [2.05, 4.69) is 15.5 Å². The Morgan fingerprint density at radius 3 is 3.00 bits per heavy atom. The van der Waals surface area contributed by atoms with Gasteiger partial charge in [-0.2, -0.15) is 0 Å². The van der Waals surface area contributed by atoms with Crippen molar-refractivity contribution < 1.29 is 14.1 Å². The van der Waals surface area contributed by atoms with E-state index in [9.17, 15) is 9.59 Å². The molecule has 0 aliphatic carbocycles. The third-order valence-electron chi connectivity index (χ3n) is 5.52. The zero-order valence-corrected chi connectivity index (χ0v) is 17.6. The Kier molecular flexibility index (Phi) is 5.18. The fraction of sp³-hybridized carbons (Fsp3) is 0.250. The molecular formula is C24H22N4O4. The molecule has 1 aliphatic heterocycles. The Morgan fingerprint density at radius 2 is 2.09 bits per heavy atom. The molecule has 0 radical (unpaired) electrons. The van der Waals surface area contributed by atoms with Crippen LogP contribution in [0, 0.1) is 0 Å². The van der Waals surface area contributed by atoms with E-state index < -0.39 is 0 Å². The molecule has 0 saturated heterocycles. The first-order valence-corrected chi connectivity index (χ1v) is 10.5. The van der Waals surface area contributed by atoms with Gasteiger partial charge in [-0.3, -0.25) is 14.2 Å². The molecule has 1 atom stereocenters. The van der Waals surface area contributed by atoms with Crippen LogP contribution in [0.3, 0.4) is 0 Å². The normalized spacial score (nSPS) is 14.8. The number of hydrogen-bond donors (Lipinski definition) is 1. The van der Waals surface area contributed by atoms with Crippen molar-refractivity contribution >= 4 is 16.8 Å². The molecule has 2 aromatic carbocycles. The van der Waals surface area contributed by atoms with E-state index in [0.717, 1.165) is 17.7 Å². The Hall–Kier alpha value is -3.94. The number of aryl methyl sites for hydroxylation is 1. The summed E-state index contributed by atoms with van der Waals surface area (Å²) in [4.78, 5) is 29.1. The quantitative estimate of drug-likeness (QED) is 0.505. The van der Waals surface area contributed by atoms with Gasteiger partial charge in [0.25, 0.3) is 5.56 Å². The number of nitrogens with zero attached hydrogens (tertiary/aromatic N) is 3. The average Bonchev–Trinajstić information content (AvgIpc) is 3.42. The van der Waals surface area contributed by atoms with Crippen LogP contribution >= 0.6 is 0 Å². The predicted molar refractivity (Wildman–Crippen MR) is 118 cm³/mol. The van der Waals surface area contributed by atoms with Crippen LogP contribution in [0.4, 0.5) is 0 Å². The number of carbonyl (C=O) groups is 1. The van der Waals surface area contributed by atoms with E-state index in [-0.39, 0.29) is 37.1 Å². The summed E-state index contributed by atoms with van der Waals surface area (Å²) in [7, 11) is 0. The topological polar surface area (TPSA) is 99.2 Å². The van der Waals surface area contributed by atoms with Crippen molar-refractivity contribution in [2.45, 2.75) is 39.0 Å². The summed E-state index contributed by atoms with van der Waals surface area (Å²) in [5.41, 5.74) is 3.18. The van der Waals surface area contributed by atoms with Crippen molar-refractivity contribution in [1.29, 1.82) is 0 Å². The van der Waals surface area contributed by atoms with Crippen LogP contribution in [0.25, 0.3) is 22.2 Å². The monoisotopic (exact) mass is 430 g/mol. The summed E-state index contributed by atoms with van der Waals surface area (Å²) < 4.78 is 12.7. The van der Waals surface area contributed by atoms with Crippen LogP contribution in [0.15, 0.2) is 64.2 Å². The lowest BCUT2D eigenvalue weighted by Gasteiger charge is -2.07. The molecule has 1 amide bonds. The molecule has 1 aliphatic rings. The lowest BCUT2D eigenvalue weighted by Crippen LogP contribution is -2.27. The van der Waals surface area contributed by atoms with Crippen LogP contribution in [0.5, 0.6) is 5.75 Å². The molecule has 3 heterocycles. The number of ether oxygens (including phenoxy) is 1. The minimum atomic E-state index is -0.186. The van der Waals surface area contributed by atoms with Gasteiger partial charge in [-0.25, -0.2) is 4.98 Å². The van der Waals surface area contributed by atoms with Gasteiger partial charge < -0.3 is 14.6 Å². The Balaban J connectivity index is 1.18. The third-order valence-corrected chi connectivity index (χ3v) is 5.52. The highest BCUT2D eigenvalue weighted by atomic mass is 16.5. The summed E-state index contributed by atoms with van der Waals surface area (Å²) in [5, 5.41) is 7.40. The summed E-state index contributed by atoms with van der Waals surface area (Å²) in [6, 6.07) is 14.9. The smallest absolute Gasteiger partial charge is 0.261 e. The molecule has 0 fully saturated rings. The van der Waals surface area contributed by atoms with Crippen molar-refractivity contribution in [2.24, 2.45) is 0 Å². The van der Waals surface area contributed by atoms with Gasteiger partial charge >= 0.3 is 0 Å². The van der Waals surface area contributed by atoms with Crippen LogP contribution in [-0.4, -0.2) is 26.7 Å². The predicted octanol–water partition coefficient (Wildman–Crippen LogP) is 3.08. The van der Waals surface area contributed by atoms with Crippen LogP contribution in [0.2, 0.25) is 0 Å². The van der Waals surface area contributed by atoms with E-state index in [1.54, 1.807) is 24.3 Å². The van der Waals surface area contributed by atoms with Gasteiger partial charge in [-0.15, -0.1) is 0 Å². The third kappa shape index (κ3) is 3.99. The molecule has 0 saturated carbocycles. The van der Waals surface area contributed by atoms with E-state index in [1.807, 2.05) is 31.2 Å². The number of fused-ring (bicyclic) bond motifs is 2. The molecule has 0 bridgehead atoms. The van der Waals surface area contributed by atoms with Gasteiger partial charge in [0.1, 0.15) is 17.5 Å². The van der Waals surface area contributed by atoms with Crippen LogP contribution in [-0.2, 0) is 24.3 Å². The molecule has 4 aromatic rings. The zero-order chi connectivity index (χ0) is 22.1. The maximum absolute atomic E-state index is 12.5. The van der Waals surface area contributed by atoms with Crippen LogP contribution < -0.4 is 15.6 Å². The minimum Gasteiger partial charge on any atom is -0.490 e. The average molecular weight is 430 g/mol. The molecule has 5 rings (SSSR count). The molecular weight excluding hydrogens is 408 g/mol. The SMILES string of the molecule is CC1Cc2ccc(-c3cc(CNC(=O)CCn4cnc5ccccc5c4=O)no3)cc2O1. The number of carbonyl (C=O) groups excluding carboxylic acids is 1. The lowest BCUT2D eigenvalue weighted by atomic mass is 10.1. The van der Waals surface area contributed by atoms with Gasteiger partial charge in [0, 0.05) is 31.0 Å². The molecule has 1 unspecified atom stereocenters. The number of aromatic nitrogens is 3. The fourth-order valence-electron chi connectivity index (χ4n) is 3.85. The first kappa shape index (κ1) is 20.0. The van der Waals surface area contributed by atoms with Gasteiger partial charge in [0.05, 0.1) is 23.8 Å². The van der Waals surface area contributed by atoms with Gasteiger partial charge in [0.15, 0.2) is 5.76 Å². The largest absolute Gasteiger partial charge is 0.490 e. The first-order chi connectivity index (χ1) is 15.6. The molecule has 1 N–H and O–H groups in total. The Morgan fingerprint density at radius 1 is 1.22 bits per heavy atom. The summed E-state index contributed by atoms with van der Waals surface area (Å²) >= 11 is 0. The van der Waals surface area contributed by atoms with E-state index >= 15 is 0 Å². The summed E-state index contributed by atoms with van der Waals surface area (Å²) in [6.07, 6.45) is 2.72. The van der Waals surface area contributed by atoms with Gasteiger partial charge in [0.2, 0.25) is 5.91 Å². The van der Waals surface area contributed by atoms with E-state index in [0.29, 0.717) is 22.4 Å². The summed E-state index contributed by atoms with van der Waals surface area (Å²) in [5.74, 6) is 1.31. The number of hydrogen-bond acceptors (Lipinski definition) is 6. The highest BCUT2D eigenvalue weighted by molar-refractivity contribution is 5.77. The number of rotatable bonds is 6. The number of amides is 1. The second-order valence-electron chi connectivity index (χ2n) is 7.92. The highest BCUT2D eigenvalue weighted by Gasteiger charge is 2.20. The van der Waals surface area contributed by atoms with Gasteiger partial charge in [-0.1, -0.05) is 29.4 Å². The standard InChI is InChI=1S/C24H22N4O4/c1-15-10-16-6-7-17(11-21(16)31-15)22-12-18(27-32-22)13-25-23(29)8-9-28-14-26-20-5-3-2-4-19(20)24(28)30/h2-7,11-12,14-15H,8-10,13H2,1H3,(H,25,29). The maximum atomic E-state index is 12.5. The van der Waals surface area contributed by atoms with Crippen molar-refractivity contribution in [2.75, 3.05) is 0 Å². The second-order valence-corrected chi connectivity index (χ2v) is 7.92. The van der Waals surface area contributed by atoms with Crippen molar-refractivity contribution in [1.82, 2.24) is 20.0 Å². The van der Waals surface area contributed by atoms with Gasteiger partial charge in [-0.05, 0) is 30.7 Å². The first-order valence-electron chi connectivity index (χ1n) is 10.5. The maximum Gasteiger partial charge on any atom is 0.261 e. The molecule has 8 heteroatoms. The Labute approximate surface area is 183 Å². The summed E-state index contributed by atoms with van der Waals surface area (Å²) in [6.45, 7) is 2.54. The molecule has 0 spiro atoms. The van der Waals surface area contributed by atoms with E-state index in [1.165, 1.54) is 16.5 Å². The van der Waals surface area contributed by atoms with Crippen LogP contribution in [0.1, 0.15) is 24.6 Å². The van der Waals surface area contributed by atoms with E-state index in [4.69, 9.17) is 9.26 Å². The molecule has 8 nitrogen and oxygen atoms in total. The molecule has 32 heavy (non-hydrogen) atoms. The van der Waals surface area contributed by atoms with Crippen molar-refractivity contribution in [3.63, 3.8) is 0 Å². The Bertz CT molecular complexity index is 1360. The zero-order valence-electron chi connectivity index (χ0n) is 17.6. The number of para-hydroxylation sites is 1. The van der Waals surface area contributed by atoms with Crippen molar-refractivity contribution in [3.8, 4) is 17.1 Å². The van der Waals surface area contributed by atoms with Crippen molar-refractivity contribution in [3.05, 3.63) is 76.5 Å².